The Morgan fingerprint density at radius 1 is 1.08 bits per heavy atom. The monoisotopic (exact) mass is 503 g/mol. The molecule has 0 spiro atoms. The number of hydrazine groups is 1. The van der Waals surface area contributed by atoms with E-state index in [0.717, 1.165) is 11.1 Å². The number of nitrogens with zero attached hydrogens (tertiary/aromatic N) is 1. The van der Waals surface area contributed by atoms with Crippen LogP contribution in [-0.4, -0.2) is 30.2 Å². The summed E-state index contributed by atoms with van der Waals surface area (Å²) in [6.45, 7) is 3.96. The number of aryl methyl sites for hydroxylation is 1. The van der Waals surface area contributed by atoms with Gasteiger partial charge in [-0.3, -0.25) is 4.79 Å². The number of halogens is 3. The third-order valence-electron chi connectivity index (χ3n) is 5.25. The molecule has 0 amide bonds. The molecule has 3 aromatic rings. The van der Waals surface area contributed by atoms with Crippen molar-refractivity contribution in [3.05, 3.63) is 70.0 Å². The minimum atomic E-state index is -4.23. The Labute approximate surface area is 206 Å². The van der Waals surface area contributed by atoms with E-state index in [1.165, 1.54) is 0 Å². The first-order valence-corrected chi connectivity index (χ1v) is 11.2. The van der Waals surface area contributed by atoms with Gasteiger partial charge in [0, 0.05) is 23.6 Å². The van der Waals surface area contributed by atoms with Crippen molar-refractivity contribution in [1.82, 2.24) is 10.5 Å². The third-order valence-corrected chi connectivity index (χ3v) is 5.25. The van der Waals surface area contributed by atoms with E-state index in [-0.39, 0.29) is 24.4 Å². The maximum atomic E-state index is 13.1. The SMILES string of the molecule is CCOc1cc(OCCCC(F)(F)F)ccc1-c1cc(-c2ccc(C)cc2)c(/C(N)=N/NN)c(=O)[nH]1. The summed E-state index contributed by atoms with van der Waals surface area (Å²) < 4.78 is 48.4. The van der Waals surface area contributed by atoms with Crippen molar-refractivity contribution in [1.29, 1.82) is 0 Å². The van der Waals surface area contributed by atoms with Gasteiger partial charge in [-0.2, -0.15) is 13.2 Å². The van der Waals surface area contributed by atoms with Crippen LogP contribution in [0.4, 0.5) is 13.2 Å². The highest BCUT2D eigenvalue weighted by Crippen LogP contribution is 2.35. The van der Waals surface area contributed by atoms with Crippen molar-refractivity contribution in [3.63, 3.8) is 0 Å². The second-order valence-corrected chi connectivity index (χ2v) is 7.95. The lowest BCUT2D eigenvalue weighted by molar-refractivity contribution is -0.136. The van der Waals surface area contributed by atoms with E-state index in [4.69, 9.17) is 21.1 Å². The van der Waals surface area contributed by atoms with Gasteiger partial charge < -0.3 is 20.2 Å². The van der Waals surface area contributed by atoms with E-state index in [1.807, 2.05) is 31.2 Å². The van der Waals surface area contributed by atoms with Crippen LogP contribution in [0.25, 0.3) is 22.4 Å². The van der Waals surface area contributed by atoms with Crippen LogP contribution in [0, 0.1) is 6.92 Å². The lowest BCUT2D eigenvalue weighted by Crippen LogP contribution is -2.29. The van der Waals surface area contributed by atoms with Gasteiger partial charge in [-0.1, -0.05) is 29.8 Å². The molecule has 2 aromatic carbocycles. The first-order valence-electron chi connectivity index (χ1n) is 11.2. The Morgan fingerprint density at radius 2 is 1.81 bits per heavy atom. The zero-order valence-electron chi connectivity index (χ0n) is 19.9. The summed E-state index contributed by atoms with van der Waals surface area (Å²) in [5.74, 6) is 5.93. The molecule has 0 bridgehead atoms. The summed E-state index contributed by atoms with van der Waals surface area (Å²) in [6, 6.07) is 14.2. The fourth-order valence-electron chi connectivity index (χ4n) is 3.60. The van der Waals surface area contributed by atoms with Gasteiger partial charge in [-0.15, -0.1) is 5.10 Å². The summed E-state index contributed by atoms with van der Waals surface area (Å²) in [7, 11) is 0. The van der Waals surface area contributed by atoms with Crippen LogP contribution in [0.1, 0.15) is 30.9 Å². The average molecular weight is 504 g/mol. The highest BCUT2D eigenvalue weighted by molar-refractivity contribution is 6.03. The van der Waals surface area contributed by atoms with Crippen LogP contribution in [0.2, 0.25) is 0 Å². The molecule has 6 N–H and O–H groups in total. The molecule has 192 valence electrons. The first-order chi connectivity index (χ1) is 17.1. The Balaban J connectivity index is 2.04. The molecule has 0 saturated carbocycles. The fraction of sp³-hybridized carbons (Fsp3) is 0.280. The number of nitrogens with one attached hydrogen (secondary N) is 2. The molecule has 11 heteroatoms. The Morgan fingerprint density at radius 3 is 2.44 bits per heavy atom. The van der Waals surface area contributed by atoms with Crippen LogP contribution in [0.15, 0.2) is 58.4 Å². The molecule has 8 nitrogen and oxygen atoms in total. The van der Waals surface area contributed by atoms with Crippen molar-refractivity contribution >= 4 is 5.84 Å². The maximum absolute atomic E-state index is 13.1. The van der Waals surface area contributed by atoms with E-state index >= 15 is 0 Å². The largest absolute Gasteiger partial charge is 0.493 e. The number of aromatic amines is 1. The van der Waals surface area contributed by atoms with E-state index in [0.29, 0.717) is 34.9 Å². The highest BCUT2D eigenvalue weighted by Gasteiger charge is 2.26. The number of nitrogens with two attached hydrogens (primary N) is 2. The number of aromatic nitrogens is 1. The van der Waals surface area contributed by atoms with Crippen LogP contribution >= 0.6 is 0 Å². The molecule has 0 aliphatic heterocycles. The molecule has 3 rings (SSSR count). The zero-order valence-corrected chi connectivity index (χ0v) is 19.9. The zero-order chi connectivity index (χ0) is 26.3. The minimum Gasteiger partial charge on any atom is -0.493 e. The highest BCUT2D eigenvalue weighted by atomic mass is 19.4. The molecule has 0 aliphatic carbocycles. The van der Waals surface area contributed by atoms with E-state index in [2.05, 4.69) is 15.6 Å². The number of amidine groups is 1. The lowest BCUT2D eigenvalue weighted by atomic mass is 9.97. The molecule has 0 fully saturated rings. The number of hydrogen-bond donors (Lipinski definition) is 4. The number of alkyl halides is 3. The van der Waals surface area contributed by atoms with Gasteiger partial charge in [0.25, 0.3) is 5.56 Å². The van der Waals surface area contributed by atoms with E-state index < -0.39 is 18.2 Å². The normalized spacial score (nSPS) is 11.9. The van der Waals surface area contributed by atoms with Gasteiger partial charge in [0.2, 0.25) is 0 Å². The number of H-pyrrole nitrogens is 1. The Kier molecular flexibility index (Phi) is 8.59. The summed E-state index contributed by atoms with van der Waals surface area (Å²) >= 11 is 0. The second kappa shape index (κ2) is 11.6. The van der Waals surface area contributed by atoms with Crippen molar-refractivity contribution < 1.29 is 22.6 Å². The molecule has 0 unspecified atom stereocenters. The molecule has 1 aromatic heterocycles. The number of hydrazone groups is 1. The van der Waals surface area contributed by atoms with Crippen molar-refractivity contribution in [2.24, 2.45) is 16.7 Å². The van der Waals surface area contributed by atoms with Crippen molar-refractivity contribution in [2.75, 3.05) is 13.2 Å². The van der Waals surface area contributed by atoms with Crippen LogP contribution in [0.5, 0.6) is 11.5 Å². The van der Waals surface area contributed by atoms with Crippen LogP contribution in [-0.2, 0) is 0 Å². The molecular formula is C25H28F3N5O3. The van der Waals surface area contributed by atoms with Gasteiger partial charge in [0.1, 0.15) is 11.5 Å². The first kappa shape index (κ1) is 26.6. The maximum Gasteiger partial charge on any atom is 0.389 e. The number of hydrogen-bond acceptors (Lipinski definition) is 6. The molecule has 0 aliphatic rings. The number of pyridine rings is 1. The second-order valence-electron chi connectivity index (χ2n) is 7.95. The Hall–Kier alpha value is -3.99. The van der Waals surface area contributed by atoms with E-state index in [1.54, 1.807) is 31.2 Å². The number of ether oxygens (including phenoxy) is 2. The Bertz CT molecular complexity index is 1270. The van der Waals surface area contributed by atoms with Crippen molar-refractivity contribution in [3.8, 4) is 33.9 Å². The number of benzene rings is 2. The molecule has 0 atom stereocenters. The topological polar surface area (TPSA) is 128 Å². The van der Waals surface area contributed by atoms with Gasteiger partial charge in [0.15, 0.2) is 5.84 Å². The molecular weight excluding hydrogens is 475 g/mol. The molecule has 0 saturated heterocycles. The quantitative estimate of drug-likeness (QED) is 0.108. The smallest absolute Gasteiger partial charge is 0.389 e. The summed E-state index contributed by atoms with van der Waals surface area (Å²) in [5.41, 5.74) is 11.1. The van der Waals surface area contributed by atoms with Gasteiger partial charge in [0.05, 0.1) is 24.5 Å². The third kappa shape index (κ3) is 6.79. The van der Waals surface area contributed by atoms with Gasteiger partial charge >= 0.3 is 6.18 Å². The van der Waals surface area contributed by atoms with Crippen molar-refractivity contribution in [2.45, 2.75) is 32.9 Å². The molecule has 1 heterocycles. The minimum absolute atomic E-state index is 0.0893. The summed E-state index contributed by atoms with van der Waals surface area (Å²) in [4.78, 5) is 15.9. The predicted molar refractivity (Wildman–Crippen MR) is 133 cm³/mol. The van der Waals surface area contributed by atoms with Crippen LogP contribution < -0.4 is 32.1 Å². The molecule has 0 radical (unpaired) electrons. The summed E-state index contributed by atoms with van der Waals surface area (Å²) in [6.07, 6.45) is -5.32. The predicted octanol–water partition coefficient (Wildman–Crippen LogP) is 4.22. The number of rotatable bonds is 10. The lowest BCUT2D eigenvalue weighted by Gasteiger charge is -2.16. The molecule has 36 heavy (non-hydrogen) atoms. The van der Waals surface area contributed by atoms with Gasteiger partial charge in [-0.25, -0.2) is 11.4 Å². The van der Waals surface area contributed by atoms with Gasteiger partial charge in [-0.05, 0) is 44.0 Å². The van der Waals surface area contributed by atoms with Crippen LogP contribution in [0.3, 0.4) is 0 Å². The standard InChI is InChI=1S/C25H28F3N5O3/c1-3-35-21-13-17(36-12-4-11-25(26,27)28)9-10-18(21)20-14-19(16-7-5-15(2)6-8-16)22(24(34)31-20)23(29)32-33-30/h5-10,13-14,33H,3-4,11-12,30H2,1-2H3,(H2,29,32)(H,31,34). The summed E-state index contributed by atoms with van der Waals surface area (Å²) in [5, 5.41) is 3.76. The fourth-order valence-corrected chi connectivity index (χ4v) is 3.60. The van der Waals surface area contributed by atoms with E-state index in [9.17, 15) is 18.0 Å². The average Bonchev–Trinajstić information content (AvgIpc) is 2.82.